The zero-order chi connectivity index (χ0) is 41.1. The highest BCUT2D eigenvalue weighted by Crippen LogP contribution is 2.45. The van der Waals surface area contributed by atoms with Gasteiger partial charge in [-0.2, -0.15) is 0 Å². The average Bonchev–Trinajstić information content (AvgIpc) is 3.59. The van der Waals surface area contributed by atoms with Crippen LogP contribution < -0.4 is 31.3 Å². The summed E-state index contributed by atoms with van der Waals surface area (Å²) in [5, 5.41) is 9.96. The van der Waals surface area contributed by atoms with E-state index in [0.717, 1.165) is 27.6 Å². The van der Waals surface area contributed by atoms with Crippen molar-refractivity contribution in [2.45, 2.75) is 52.6 Å². The number of nitrogens with zero attached hydrogens (tertiary/aromatic N) is 1. The molecule has 4 aromatic rings. The van der Waals surface area contributed by atoms with Crippen molar-refractivity contribution in [1.29, 1.82) is 0 Å². The molecule has 5 N–H and O–H groups in total. The molecule has 0 fully saturated rings. The van der Waals surface area contributed by atoms with E-state index in [-0.39, 0.29) is 48.4 Å². The van der Waals surface area contributed by atoms with E-state index in [9.17, 15) is 24.0 Å². The Bertz CT molecular complexity index is 2100. The summed E-state index contributed by atoms with van der Waals surface area (Å²) in [7, 11) is 1.60. The third-order valence-corrected chi connectivity index (χ3v) is 10.7. The van der Waals surface area contributed by atoms with Crippen molar-refractivity contribution in [3.63, 3.8) is 0 Å². The fraction of sp³-hybridized carbons (Fsp3) is 0.341. The van der Waals surface area contributed by atoms with Gasteiger partial charge in [-0.05, 0) is 77.2 Å². The van der Waals surface area contributed by atoms with Gasteiger partial charge in [-0.1, -0.05) is 69.3 Å². The molecule has 0 aromatic heterocycles. The van der Waals surface area contributed by atoms with Gasteiger partial charge in [0.15, 0.2) is 0 Å². The number of hydrogen-bond acceptors (Lipinski definition) is 7. The second-order valence-corrected chi connectivity index (χ2v) is 14.8. The third-order valence-electron chi connectivity index (χ3n) is 10.3. The number of Topliss-reactive ketones (excluding diaryl/α,β-unsaturated/α-hetero) is 1. The lowest BCUT2D eigenvalue weighted by atomic mass is 9.86. The second-order valence-electron chi connectivity index (χ2n) is 14.5. The first-order valence-corrected chi connectivity index (χ1v) is 19.6. The van der Waals surface area contributed by atoms with E-state index < -0.39 is 18.0 Å². The molecule has 12 nitrogen and oxygen atoms in total. The Kier molecular flexibility index (Phi) is 14.7. The van der Waals surface area contributed by atoms with Crippen molar-refractivity contribution in [2.24, 2.45) is 23.5 Å². The van der Waals surface area contributed by atoms with Crippen LogP contribution in [0.3, 0.4) is 0 Å². The Labute approximate surface area is 338 Å². The van der Waals surface area contributed by atoms with Crippen LogP contribution in [0.15, 0.2) is 84.9 Å². The predicted octanol–water partition coefficient (Wildman–Crippen LogP) is 8.23. The van der Waals surface area contributed by atoms with Gasteiger partial charge in [0.05, 0.1) is 18.5 Å². The molecule has 0 radical (unpaired) electrons. The number of nitrogens with one attached hydrogen (secondary N) is 3. The van der Waals surface area contributed by atoms with Gasteiger partial charge in [-0.25, -0.2) is 9.59 Å². The zero-order valence-electron chi connectivity index (χ0n) is 32.7. The summed E-state index contributed by atoms with van der Waals surface area (Å²) in [6.07, 6.45) is 3.55. The van der Waals surface area contributed by atoms with E-state index in [1.807, 2.05) is 69.3 Å². The van der Waals surface area contributed by atoms with Crippen molar-refractivity contribution in [1.82, 2.24) is 5.32 Å². The number of halogens is 1. The summed E-state index contributed by atoms with van der Waals surface area (Å²) in [6.45, 7) is 6.45. The molecule has 0 saturated heterocycles. The number of carbonyl (C=O) groups is 5. The summed E-state index contributed by atoms with van der Waals surface area (Å²) in [5.74, 6) is -0.209. The molecule has 1 unspecified atom stereocenters. The zero-order valence-corrected chi connectivity index (χ0v) is 33.4. The topological polar surface area (TPSA) is 169 Å². The first-order valence-electron chi connectivity index (χ1n) is 19.0. The monoisotopic (exact) mass is 795 g/mol. The molecule has 3 atom stereocenters. The number of amides is 5. The number of urea groups is 1. The number of rotatable bonds is 17. The molecule has 1 aliphatic heterocycles. The van der Waals surface area contributed by atoms with Crippen LogP contribution in [0.25, 0.3) is 16.8 Å². The molecule has 300 valence electrons. The summed E-state index contributed by atoms with van der Waals surface area (Å²) in [5.41, 5.74) is 9.31. The molecule has 5 amide bonds. The van der Waals surface area contributed by atoms with E-state index in [1.165, 1.54) is 6.08 Å². The minimum absolute atomic E-state index is 0.00912. The van der Waals surface area contributed by atoms with Crippen LogP contribution >= 0.6 is 11.6 Å². The molecule has 1 heterocycles. The summed E-state index contributed by atoms with van der Waals surface area (Å²) in [6, 6.07) is 23.1. The number of benzene rings is 4. The fourth-order valence-corrected chi connectivity index (χ4v) is 7.02. The number of anilines is 3. The van der Waals surface area contributed by atoms with Crippen molar-refractivity contribution in [3.8, 4) is 5.75 Å². The van der Waals surface area contributed by atoms with Crippen molar-refractivity contribution in [3.05, 3.63) is 102 Å². The summed E-state index contributed by atoms with van der Waals surface area (Å²) < 4.78 is 10.8. The van der Waals surface area contributed by atoms with Crippen molar-refractivity contribution in [2.75, 3.05) is 41.6 Å². The lowest BCUT2D eigenvalue weighted by molar-refractivity contribution is -0.129. The van der Waals surface area contributed by atoms with Gasteiger partial charge < -0.3 is 30.7 Å². The van der Waals surface area contributed by atoms with Crippen LogP contribution in [0.4, 0.5) is 26.7 Å². The smallest absolute Gasteiger partial charge is 0.411 e. The van der Waals surface area contributed by atoms with E-state index in [4.69, 9.17) is 26.8 Å². The molecule has 0 bridgehead atoms. The van der Waals surface area contributed by atoms with Gasteiger partial charge >= 0.3 is 12.1 Å². The SMILES string of the molecule is COc1ccc(/C=C/C(=O)N2CC(CCl)c3c2cc(NC(=O)OCc2ccc(NC(=O)[C@H](CCCNC(N)=O)CC(=O)[C@@H](C)C(C)C)cc2)c2ccccc32)cc1. The van der Waals surface area contributed by atoms with Crippen LogP contribution in [0.2, 0.25) is 0 Å². The van der Waals surface area contributed by atoms with Gasteiger partial charge in [0.1, 0.15) is 18.1 Å². The van der Waals surface area contributed by atoms with Crippen molar-refractivity contribution < 1.29 is 33.4 Å². The number of methoxy groups -OCH3 is 1. The first kappa shape index (κ1) is 42.3. The summed E-state index contributed by atoms with van der Waals surface area (Å²) in [4.78, 5) is 65.8. The predicted molar refractivity (Wildman–Crippen MR) is 225 cm³/mol. The second kappa shape index (κ2) is 19.8. The van der Waals surface area contributed by atoms with Crippen LogP contribution in [0.5, 0.6) is 5.75 Å². The lowest BCUT2D eigenvalue weighted by Crippen LogP contribution is -2.32. The quantitative estimate of drug-likeness (QED) is 0.0474. The minimum Gasteiger partial charge on any atom is -0.497 e. The number of alkyl halides is 1. The number of carbonyl (C=O) groups excluding carboxylic acids is 5. The number of ketones is 1. The number of fused-ring (bicyclic) bond motifs is 3. The van der Waals surface area contributed by atoms with Gasteiger partial charge in [-0.3, -0.25) is 19.7 Å². The molecule has 4 aromatic carbocycles. The van der Waals surface area contributed by atoms with Crippen molar-refractivity contribution >= 4 is 75.2 Å². The van der Waals surface area contributed by atoms with Crippen LogP contribution in [-0.4, -0.2) is 55.8 Å². The Morgan fingerprint density at radius 1 is 0.947 bits per heavy atom. The largest absolute Gasteiger partial charge is 0.497 e. The Hall–Kier alpha value is -5.88. The third kappa shape index (κ3) is 11.1. The first-order chi connectivity index (χ1) is 27.4. The number of ether oxygens (including phenoxy) is 2. The molecule has 5 rings (SSSR count). The Morgan fingerprint density at radius 2 is 1.65 bits per heavy atom. The summed E-state index contributed by atoms with van der Waals surface area (Å²) >= 11 is 6.44. The van der Waals surface area contributed by atoms with Gasteiger partial charge in [-0.15, -0.1) is 11.6 Å². The maximum Gasteiger partial charge on any atom is 0.411 e. The fourth-order valence-electron chi connectivity index (χ4n) is 6.77. The lowest BCUT2D eigenvalue weighted by Gasteiger charge is -2.20. The average molecular weight is 796 g/mol. The highest BCUT2D eigenvalue weighted by Gasteiger charge is 2.34. The maximum absolute atomic E-state index is 13.6. The van der Waals surface area contributed by atoms with Gasteiger partial charge in [0, 0.05) is 60.3 Å². The highest BCUT2D eigenvalue weighted by molar-refractivity contribution is 6.19. The Balaban J connectivity index is 1.24. The standard InChI is InChI=1S/C44H50ClN5O7/c1-27(2)28(3)39(51)22-31(8-7-21-47-43(46)54)42(53)48-33-16-11-30(12-17-33)26-57-44(55)49-37-23-38-41(36-10-6-5-9-35(36)37)32(24-45)25-50(38)40(52)20-15-29-13-18-34(56-4)19-14-29/h5-6,9-20,23,27-28,31-32H,7-8,21-22,24-26H2,1-4H3,(H,48,53)(H,49,55)(H3,46,47,54)/b20-15+/t28-,31+,32?/m0/s1. The van der Waals surface area contributed by atoms with E-state index in [2.05, 4.69) is 16.0 Å². The molecule has 57 heavy (non-hydrogen) atoms. The Morgan fingerprint density at radius 3 is 2.30 bits per heavy atom. The van der Waals surface area contributed by atoms with E-state index in [0.29, 0.717) is 54.4 Å². The molecule has 1 aliphatic rings. The van der Waals surface area contributed by atoms with Crippen LogP contribution in [0, 0.1) is 17.8 Å². The van der Waals surface area contributed by atoms with Gasteiger partial charge in [0.25, 0.3) is 5.91 Å². The highest BCUT2D eigenvalue weighted by atomic mass is 35.5. The molecular weight excluding hydrogens is 746 g/mol. The maximum atomic E-state index is 13.6. The van der Waals surface area contributed by atoms with E-state index >= 15 is 0 Å². The molecule has 0 saturated carbocycles. The van der Waals surface area contributed by atoms with Gasteiger partial charge in [0.2, 0.25) is 5.91 Å². The molecule has 13 heteroatoms. The number of nitrogens with two attached hydrogens (primary N) is 1. The van der Waals surface area contributed by atoms with Crippen LogP contribution in [0.1, 0.15) is 62.6 Å². The normalized spacial score (nSPS) is 14.6. The molecule has 0 spiro atoms. The molecular formula is C44H50ClN5O7. The number of hydrogen-bond donors (Lipinski definition) is 4. The number of primary amides is 1. The minimum atomic E-state index is -0.685. The van der Waals surface area contributed by atoms with E-state index in [1.54, 1.807) is 48.4 Å². The molecule has 0 aliphatic carbocycles. The van der Waals surface area contributed by atoms with Crippen LogP contribution in [-0.2, 0) is 25.7 Å².